The van der Waals surface area contributed by atoms with Gasteiger partial charge in [0.25, 0.3) is 0 Å². The summed E-state index contributed by atoms with van der Waals surface area (Å²) in [6.07, 6.45) is 0.768. The van der Waals surface area contributed by atoms with Gasteiger partial charge in [-0.1, -0.05) is 31.2 Å². The van der Waals surface area contributed by atoms with Gasteiger partial charge in [0.2, 0.25) is 10.0 Å². The first-order valence-electron chi connectivity index (χ1n) is 6.78. The Morgan fingerprint density at radius 1 is 1.30 bits per heavy atom. The molecule has 1 fully saturated rings. The van der Waals surface area contributed by atoms with Crippen molar-refractivity contribution in [2.24, 2.45) is 0 Å². The SMILES string of the molecule is CCC1COCCN1S(=O)(=O)Cc1ccc(CCl)cc1. The van der Waals surface area contributed by atoms with E-state index in [1.165, 1.54) is 0 Å². The highest BCUT2D eigenvalue weighted by Crippen LogP contribution is 2.19. The highest BCUT2D eigenvalue weighted by atomic mass is 35.5. The summed E-state index contributed by atoms with van der Waals surface area (Å²) in [4.78, 5) is 0. The van der Waals surface area contributed by atoms with Crippen LogP contribution in [0.1, 0.15) is 24.5 Å². The van der Waals surface area contributed by atoms with Crippen LogP contribution in [0.3, 0.4) is 0 Å². The Balaban J connectivity index is 2.12. The molecule has 1 aromatic rings. The minimum Gasteiger partial charge on any atom is -0.378 e. The summed E-state index contributed by atoms with van der Waals surface area (Å²) < 4.78 is 32.0. The first-order chi connectivity index (χ1) is 9.56. The lowest BCUT2D eigenvalue weighted by molar-refractivity contribution is 0.0313. The van der Waals surface area contributed by atoms with E-state index in [9.17, 15) is 8.42 Å². The summed E-state index contributed by atoms with van der Waals surface area (Å²) in [5, 5.41) is 0. The van der Waals surface area contributed by atoms with E-state index in [1.807, 2.05) is 31.2 Å². The lowest BCUT2D eigenvalue weighted by Gasteiger charge is -2.34. The van der Waals surface area contributed by atoms with E-state index in [1.54, 1.807) is 4.31 Å². The van der Waals surface area contributed by atoms with Gasteiger partial charge in [0.05, 0.1) is 19.0 Å². The Kier molecular flexibility index (Phi) is 5.43. The van der Waals surface area contributed by atoms with Crippen LogP contribution in [0, 0.1) is 0 Å². The molecule has 6 heteroatoms. The number of benzene rings is 1. The van der Waals surface area contributed by atoms with E-state index in [0.717, 1.165) is 17.5 Å². The topological polar surface area (TPSA) is 46.6 Å². The molecule has 0 spiro atoms. The summed E-state index contributed by atoms with van der Waals surface area (Å²) in [5.41, 5.74) is 1.78. The molecule has 0 aromatic heterocycles. The molecular formula is C14H20ClNO3S. The van der Waals surface area contributed by atoms with Gasteiger partial charge >= 0.3 is 0 Å². The van der Waals surface area contributed by atoms with Gasteiger partial charge in [-0.3, -0.25) is 0 Å². The first-order valence-corrected chi connectivity index (χ1v) is 8.92. The number of sulfonamides is 1. The molecule has 0 amide bonds. The fourth-order valence-corrected chi connectivity index (χ4v) is 4.32. The van der Waals surface area contributed by atoms with E-state index in [-0.39, 0.29) is 11.8 Å². The second kappa shape index (κ2) is 6.89. The molecule has 0 saturated carbocycles. The van der Waals surface area contributed by atoms with Crippen molar-refractivity contribution >= 4 is 21.6 Å². The number of nitrogens with zero attached hydrogens (tertiary/aromatic N) is 1. The minimum atomic E-state index is -3.30. The van der Waals surface area contributed by atoms with Crippen LogP contribution in [0.4, 0.5) is 0 Å². The smallest absolute Gasteiger partial charge is 0.218 e. The van der Waals surface area contributed by atoms with Crippen molar-refractivity contribution in [1.82, 2.24) is 4.31 Å². The van der Waals surface area contributed by atoms with E-state index in [0.29, 0.717) is 25.6 Å². The average Bonchev–Trinajstić information content (AvgIpc) is 2.47. The Hall–Kier alpha value is -0.620. The fourth-order valence-electron chi connectivity index (χ4n) is 2.35. The zero-order chi connectivity index (χ0) is 14.6. The number of halogens is 1. The Morgan fingerprint density at radius 2 is 1.95 bits per heavy atom. The summed E-state index contributed by atoms with van der Waals surface area (Å²) >= 11 is 5.73. The predicted octanol–water partition coefficient (Wildman–Crippen LogP) is 2.37. The van der Waals surface area contributed by atoms with E-state index < -0.39 is 10.0 Å². The van der Waals surface area contributed by atoms with Gasteiger partial charge in [0, 0.05) is 18.5 Å². The third-order valence-electron chi connectivity index (χ3n) is 3.53. The Labute approximate surface area is 125 Å². The van der Waals surface area contributed by atoms with E-state index >= 15 is 0 Å². The van der Waals surface area contributed by atoms with Crippen molar-refractivity contribution < 1.29 is 13.2 Å². The van der Waals surface area contributed by atoms with Crippen LogP contribution in [0.2, 0.25) is 0 Å². The van der Waals surface area contributed by atoms with Gasteiger partial charge in [-0.15, -0.1) is 11.6 Å². The van der Waals surface area contributed by atoms with Gasteiger partial charge in [0.15, 0.2) is 0 Å². The lowest BCUT2D eigenvalue weighted by atomic mass is 10.2. The molecule has 0 radical (unpaired) electrons. The molecule has 1 unspecified atom stereocenters. The lowest BCUT2D eigenvalue weighted by Crippen LogP contribution is -2.48. The van der Waals surface area contributed by atoms with Gasteiger partial charge < -0.3 is 4.74 Å². The normalized spacial score (nSPS) is 21.0. The van der Waals surface area contributed by atoms with Crippen LogP contribution in [0.15, 0.2) is 24.3 Å². The summed E-state index contributed by atoms with van der Waals surface area (Å²) in [6.45, 7) is 3.39. The molecule has 1 aliphatic rings. The molecular weight excluding hydrogens is 298 g/mol. The van der Waals surface area contributed by atoms with Crippen LogP contribution in [-0.2, 0) is 26.4 Å². The Bertz CT molecular complexity index is 530. The summed E-state index contributed by atoms with van der Waals surface area (Å²) in [7, 11) is -3.30. The first kappa shape index (κ1) is 15.8. The van der Waals surface area contributed by atoms with Gasteiger partial charge in [-0.05, 0) is 17.5 Å². The molecule has 20 heavy (non-hydrogen) atoms. The maximum atomic E-state index is 12.5. The standard InChI is InChI=1S/C14H20ClNO3S/c1-2-14-10-19-8-7-16(14)20(17,18)11-13-5-3-12(9-15)4-6-13/h3-6,14H,2,7-11H2,1H3. The van der Waals surface area contributed by atoms with Crippen LogP contribution in [0.5, 0.6) is 0 Å². The zero-order valence-electron chi connectivity index (χ0n) is 11.6. The summed E-state index contributed by atoms with van der Waals surface area (Å²) in [5.74, 6) is 0.473. The number of hydrogen-bond donors (Lipinski definition) is 0. The van der Waals surface area contributed by atoms with E-state index in [2.05, 4.69) is 0 Å². The van der Waals surface area contributed by atoms with Gasteiger partial charge in [-0.2, -0.15) is 4.31 Å². The molecule has 0 N–H and O–H groups in total. The monoisotopic (exact) mass is 317 g/mol. The maximum absolute atomic E-state index is 12.5. The maximum Gasteiger partial charge on any atom is 0.218 e. The largest absolute Gasteiger partial charge is 0.378 e. The van der Waals surface area contributed by atoms with E-state index in [4.69, 9.17) is 16.3 Å². The number of rotatable bonds is 5. The van der Waals surface area contributed by atoms with Crippen molar-refractivity contribution in [2.75, 3.05) is 19.8 Å². The quantitative estimate of drug-likeness (QED) is 0.783. The van der Waals surface area contributed by atoms with Crippen molar-refractivity contribution in [3.05, 3.63) is 35.4 Å². The van der Waals surface area contributed by atoms with Crippen molar-refractivity contribution in [2.45, 2.75) is 31.0 Å². The molecule has 0 bridgehead atoms. The zero-order valence-corrected chi connectivity index (χ0v) is 13.2. The van der Waals surface area contributed by atoms with Crippen molar-refractivity contribution in [3.8, 4) is 0 Å². The predicted molar refractivity (Wildman–Crippen MR) is 80.2 cm³/mol. The van der Waals surface area contributed by atoms with Crippen LogP contribution < -0.4 is 0 Å². The third-order valence-corrected chi connectivity index (χ3v) is 5.73. The number of alkyl halides is 1. The molecule has 112 valence electrons. The van der Waals surface area contributed by atoms with Crippen LogP contribution in [-0.4, -0.2) is 38.5 Å². The molecule has 1 saturated heterocycles. The number of ether oxygens (including phenoxy) is 1. The molecule has 1 atom stereocenters. The minimum absolute atomic E-state index is 0.0338. The van der Waals surface area contributed by atoms with Gasteiger partial charge in [-0.25, -0.2) is 8.42 Å². The highest BCUT2D eigenvalue weighted by Gasteiger charge is 2.31. The highest BCUT2D eigenvalue weighted by molar-refractivity contribution is 7.88. The second-order valence-corrected chi connectivity index (χ2v) is 7.14. The second-order valence-electron chi connectivity index (χ2n) is 4.95. The Morgan fingerprint density at radius 3 is 2.55 bits per heavy atom. The van der Waals surface area contributed by atoms with Crippen molar-refractivity contribution in [3.63, 3.8) is 0 Å². The molecule has 1 heterocycles. The average molecular weight is 318 g/mol. The van der Waals surface area contributed by atoms with Crippen molar-refractivity contribution in [1.29, 1.82) is 0 Å². The van der Waals surface area contributed by atoms with Crippen LogP contribution in [0.25, 0.3) is 0 Å². The number of hydrogen-bond acceptors (Lipinski definition) is 3. The third kappa shape index (κ3) is 3.73. The number of morpholine rings is 1. The molecule has 2 rings (SSSR count). The molecule has 4 nitrogen and oxygen atoms in total. The molecule has 0 aliphatic carbocycles. The van der Waals surface area contributed by atoms with Gasteiger partial charge in [0.1, 0.15) is 0 Å². The molecule has 1 aromatic carbocycles. The fraction of sp³-hybridized carbons (Fsp3) is 0.571. The van der Waals surface area contributed by atoms with Crippen LogP contribution >= 0.6 is 11.6 Å². The molecule has 1 aliphatic heterocycles. The summed E-state index contributed by atoms with van der Waals surface area (Å²) in [6, 6.07) is 7.35.